The minimum Gasteiger partial charge on any atom is -0.497 e. The van der Waals surface area contributed by atoms with E-state index in [-0.39, 0.29) is 0 Å². The van der Waals surface area contributed by atoms with Gasteiger partial charge in [-0.15, -0.1) is 0 Å². The zero-order valence-electron chi connectivity index (χ0n) is 13.2. The van der Waals surface area contributed by atoms with Crippen LogP contribution in [0, 0.1) is 11.8 Å². The van der Waals surface area contributed by atoms with E-state index in [4.69, 9.17) is 4.74 Å². The van der Waals surface area contributed by atoms with E-state index in [9.17, 15) is 0 Å². The van der Waals surface area contributed by atoms with Crippen LogP contribution in [-0.2, 0) is 0 Å². The summed E-state index contributed by atoms with van der Waals surface area (Å²) in [5, 5.41) is 6.28. The SMILES string of the molecule is CCCNC(c1ccc2cc(OC)ccc2c1)C1CC1C. The minimum atomic E-state index is 0.506. The second kappa shape index (κ2) is 6.07. The van der Waals surface area contributed by atoms with Crippen molar-refractivity contribution in [1.82, 2.24) is 5.32 Å². The molecule has 3 rings (SSSR count). The Morgan fingerprint density at radius 2 is 1.90 bits per heavy atom. The van der Waals surface area contributed by atoms with Crippen LogP contribution in [0.4, 0.5) is 0 Å². The zero-order chi connectivity index (χ0) is 14.8. The van der Waals surface area contributed by atoms with Gasteiger partial charge in [0.15, 0.2) is 0 Å². The van der Waals surface area contributed by atoms with E-state index in [0.29, 0.717) is 6.04 Å². The van der Waals surface area contributed by atoms with Gasteiger partial charge in [-0.2, -0.15) is 0 Å². The van der Waals surface area contributed by atoms with Crippen molar-refractivity contribution in [2.75, 3.05) is 13.7 Å². The lowest BCUT2D eigenvalue weighted by atomic mass is 9.97. The first-order valence-electron chi connectivity index (χ1n) is 8.04. The van der Waals surface area contributed by atoms with Gasteiger partial charge in [-0.25, -0.2) is 0 Å². The van der Waals surface area contributed by atoms with Crippen LogP contribution in [0.15, 0.2) is 36.4 Å². The van der Waals surface area contributed by atoms with Crippen LogP contribution < -0.4 is 10.1 Å². The number of ether oxygens (including phenoxy) is 1. The van der Waals surface area contributed by atoms with Crippen LogP contribution >= 0.6 is 0 Å². The zero-order valence-corrected chi connectivity index (χ0v) is 13.2. The van der Waals surface area contributed by atoms with E-state index in [1.807, 2.05) is 6.07 Å². The highest BCUT2D eigenvalue weighted by Crippen LogP contribution is 2.47. The molecule has 0 saturated heterocycles. The maximum atomic E-state index is 5.30. The first-order chi connectivity index (χ1) is 10.2. The fraction of sp³-hybridized carbons (Fsp3) is 0.474. The normalized spacial score (nSPS) is 22.2. The second-order valence-electron chi connectivity index (χ2n) is 6.28. The Hall–Kier alpha value is -1.54. The van der Waals surface area contributed by atoms with Gasteiger partial charge in [0.05, 0.1) is 7.11 Å². The van der Waals surface area contributed by atoms with Gasteiger partial charge in [0, 0.05) is 6.04 Å². The Balaban J connectivity index is 1.90. The standard InChI is InChI=1S/C19H25NO/c1-4-9-20-19(18-10-13(18)2)16-6-5-15-12-17(21-3)8-7-14(15)11-16/h5-8,11-13,18-20H,4,9-10H2,1-3H3. The average molecular weight is 283 g/mol. The van der Waals surface area contributed by atoms with Crippen molar-refractivity contribution in [3.05, 3.63) is 42.0 Å². The van der Waals surface area contributed by atoms with Gasteiger partial charge < -0.3 is 10.1 Å². The lowest BCUT2D eigenvalue weighted by Crippen LogP contribution is -2.24. The lowest BCUT2D eigenvalue weighted by Gasteiger charge is -2.20. The number of hydrogen-bond donors (Lipinski definition) is 1. The predicted octanol–water partition coefficient (Wildman–Crippen LogP) is 4.55. The maximum Gasteiger partial charge on any atom is 0.119 e. The first-order valence-corrected chi connectivity index (χ1v) is 8.04. The van der Waals surface area contributed by atoms with E-state index in [2.05, 4.69) is 49.5 Å². The molecule has 112 valence electrons. The van der Waals surface area contributed by atoms with Crippen molar-refractivity contribution in [2.45, 2.75) is 32.7 Å². The van der Waals surface area contributed by atoms with Crippen molar-refractivity contribution in [3.8, 4) is 5.75 Å². The van der Waals surface area contributed by atoms with Crippen LogP contribution in [0.5, 0.6) is 5.75 Å². The monoisotopic (exact) mass is 283 g/mol. The first kappa shape index (κ1) is 14.4. The van der Waals surface area contributed by atoms with Crippen LogP contribution in [-0.4, -0.2) is 13.7 Å². The second-order valence-corrected chi connectivity index (χ2v) is 6.28. The molecule has 21 heavy (non-hydrogen) atoms. The fourth-order valence-corrected chi connectivity index (χ4v) is 3.19. The van der Waals surface area contributed by atoms with Gasteiger partial charge in [0.1, 0.15) is 5.75 Å². The van der Waals surface area contributed by atoms with Crippen molar-refractivity contribution in [1.29, 1.82) is 0 Å². The van der Waals surface area contributed by atoms with Gasteiger partial charge in [0.2, 0.25) is 0 Å². The summed E-state index contributed by atoms with van der Waals surface area (Å²) in [4.78, 5) is 0. The summed E-state index contributed by atoms with van der Waals surface area (Å²) < 4.78 is 5.30. The van der Waals surface area contributed by atoms with Crippen LogP contribution in [0.1, 0.15) is 38.3 Å². The fourth-order valence-electron chi connectivity index (χ4n) is 3.19. The molecule has 1 aliphatic carbocycles. The van der Waals surface area contributed by atoms with Gasteiger partial charge in [-0.1, -0.05) is 32.0 Å². The number of benzene rings is 2. The van der Waals surface area contributed by atoms with Crippen LogP contribution in [0.25, 0.3) is 10.8 Å². The molecule has 1 aliphatic rings. The number of methoxy groups -OCH3 is 1. The number of hydrogen-bond acceptors (Lipinski definition) is 2. The van der Waals surface area contributed by atoms with Crippen LogP contribution in [0.2, 0.25) is 0 Å². The number of rotatable bonds is 6. The molecule has 0 spiro atoms. The molecule has 3 unspecified atom stereocenters. The van der Waals surface area contributed by atoms with E-state index in [1.54, 1.807) is 7.11 Å². The number of nitrogens with one attached hydrogen (secondary N) is 1. The molecule has 2 nitrogen and oxygen atoms in total. The molecule has 1 N–H and O–H groups in total. The molecule has 0 amide bonds. The molecule has 0 heterocycles. The lowest BCUT2D eigenvalue weighted by molar-refractivity contribution is 0.415. The highest BCUT2D eigenvalue weighted by Gasteiger charge is 2.39. The molecule has 2 aromatic carbocycles. The summed E-state index contributed by atoms with van der Waals surface area (Å²) in [5.74, 6) is 2.57. The predicted molar refractivity (Wildman–Crippen MR) is 88.8 cm³/mol. The molecule has 0 bridgehead atoms. The molecule has 0 aliphatic heterocycles. The Kier molecular flexibility index (Phi) is 4.16. The Morgan fingerprint density at radius 3 is 2.57 bits per heavy atom. The van der Waals surface area contributed by atoms with Crippen molar-refractivity contribution < 1.29 is 4.74 Å². The van der Waals surface area contributed by atoms with E-state index in [1.165, 1.54) is 29.2 Å². The molecule has 0 aromatic heterocycles. The van der Waals surface area contributed by atoms with Gasteiger partial charge in [0.25, 0.3) is 0 Å². The van der Waals surface area contributed by atoms with Crippen LogP contribution in [0.3, 0.4) is 0 Å². The van der Waals surface area contributed by atoms with E-state index >= 15 is 0 Å². The Morgan fingerprint density at radius 1 is 1.19 bits per heavy atom. The Labute approximate surface area is 127 Å². The highest BCUT2D eigenvalue weighted by molar-refractivity contribution is 5.84. The van der Waals surface area contributed by atoms with E-state index in [0.717, 1.165) is 24.1 Å². The summed E-state index contributed by atoms with van der Waals surface area (Å²) in [6.45, 7) is 5.68. The highest BCUT2D eigenvalue weighted by atomic mass is 16.5. The third kappa shape index (κ3) is 3.06. The molecule has 2 heteroatoms. The van der Waals surface area contributed by atoms with Crippen molar-refractivity contribution in [2.24, 2.45) is 11.8 Å². The number of fused-ring (bicyclic) bond motifs is 1. The quantitative estimate of drug-likeness (QED) is 0.840. The maximum absolute atomic E-state index is 5.30. The molecule has 2 aromatic rings. The van der Waals surface area contributed by atoms with Gasteiger partial charge in [-0.05, 0) is 65.8 Å². The average Bonchev–Trinajstić information content (AvgIpc) is 3.23. The Bertz CT molecular complexity index is 622. The summed E-state index contributed by atoms with van der Waals surface area (Å²) in [5.41, 5.74) is 1.43. The summed E-state index contributed by atoms with van der Waals surface area (Å²) in [6, 6.07) is 13.7. The molecular formula is C19H25NO. The summed E-state index contributed by atoms with van der Waals surface area (Å²) in [7, 11) is 1.72. The third-order valence-corrected chi connectivity index (χ3v) is 4.64. The van der Waals surface area contributed by atoms with Gasteiger partial charge in [-0.3, -0.25) is 0 Å². The summed E-state index contributed by atoms with van der Waals surface area (Å²) in [6.07, 6.45) is 2.53. The summed E-state index contributed by atoms with van der Waals surface area (Å²) >= 11 is 0. The molecule has 1 saturated carbocycles. The van der Waals surface area contributed by atoms with Gasteiger partial charge >= 0.3 is 0 Å². The van der Waals surface area contributed by atoms with Crippen molar-refractivity contribution >= 4 is 10.8 Å². The molecule has 1 fully saturated rings. The molecular weight excluding hydrogens is 258 g/mol. The largest absolute Gasteiger partial charge is 0.497 e. The van der Waals surface area contributed by atoms with Crippen molar-refractivity contribution in [3.63, 3.8) is 0 Å². The molecule has 0 radical (unpaired) electrons. The smallest absolute Gasteiger partial charge is 0.119 e. The third-order valence-electron chi connectivity index (χ3n) is 4.64. The minimum absolute atomic E-state index is 0.506. The topological polar surface area (TPSA) is 21.3 Å². The molecule has 3 atom stereocenters. The van der Waals surface area contributed by atoms with E-state index < -0.39 is 0 Å².